The van der Waals surface area contributed by atoms with E-state index in [0.717, 1.165) is 25.9 Å². The van der Waals surface area contributed by atoms with E-state index in [0.29, 0.717) is 18.6 Å². The molecule has 0 atom stereocenters. The summed E-state index contributed by atoms with van der Waals surface area (Å²) in [5, 5.41) is 0. The molecule has 0 rings (SSSR count). The van der Waals surface area contributed by atoms with Crippen molar-refractivity contribution >= 4 is 125 Å². The number of hydrogen-bond acceptors (Lipinski definition) is 10. The van der Waals surface area contributed by atoms with Crippen molar-refractivity contribution in [3.05, 3.63) is 4.78 Å². The topological polar surface area (TPSA) is 145 Å². The van der Waals surface area contributed by atoms with E-state index in [1.165, 1.54) is 0 Å². The molecule has 0 aromatic carbocycles. The monoisotopic (exact) mass is 1430 g/mol. The maximum atomic E-state index is 10.4. The predicted octanol–water partition coefficient (Wildman–Crippen LogP) is 11.8. The smallest absolute Gasteiger partial charge is 0.144 e. The molecule has 0 saturated carbocycles. The second-order valence-corrected chi connectivity index (χ2v) is 49.2. The van der Waals surface area contributed by atoms with Gasteiger partial charge in [0.15, 0.2) is 0 Å². The van der Waals surface area contributed by atoms with Crippen molar-refractivity contribution in [1.29, 1.82) is 0 Å². The zero-order chi connectivity index (χ0) is 52.4. The fourth-order valence-electron chi connectivity index (χ4n) is 0. The molecule has 0 aliphatic carbocycles. The van der Waals surface area contributed by atoms with Crippen molar-refractivity contribution < 1.29 is 152 Å². The van der Waals surface area contributed by atoms with Crippen LogP contribution in [0.5, 0.6) is 0 Å². The van der Waals surface area contributed by atoms with Crippen LogP contribution in [0.25, 0.3) is 4.78 Å². The molecule has 0 saturated heterocycles. The Morgan fingerprint density at radius 2 is 0.714 bits per heavy atom. The van der Waals surface area contributed by atoms with Crippen molar-refractivity contribution in [3.63, 3.8) is 0 Å². The summed E-state index contributed by atoms with van der Waals surface area (Å²) < 4.78 is 69.3. The molecular formula is C36H109B2N4O5P4S7SiY4. The van der Waals surface area contributed by atoms with Gasteiger partial charge in [0, 0.05) is 239 Å². The molecule has 387 valence electrons. The molecule has 0 aromatic rings. The van der Waals surface area contributed by atoms with Crippen LogP contribution in [0.15, 0.2) is 13.1 Å². The van der Waals surface area contributed by atoms with E-state index in [1.54, 1.807) is 83.4 Å². The van der Waals surface area contributed by atoms with Crippen molar-refractivity contribution in [1.82, 2.24) is 0 Å². The molecule has 63 heavy (non-hydrogen) atoms. The molecule has 0 bridgehead atoms. The second-order valence-electron chi connectivity index (χ2n) is 17.6. The molecule has 0 amide bonds. The van der Waals surface area contributed by atoms with Gasteiger partial charge in [-0.05, 0) is 105 Å². The third kappa shape index (κ3) is 1380. The van der Waals surface area contributed by atoms with Gasteiger partial charge in [-0.25, -0.2) is 22.4 Å². The summed E-state index contributed by atoms with van der Waals surface area (Å²) in [7, 11) is -2.30. The second kappa shape index (κ2) is 83.0. The van der Waals surface area contributed by atoms with Gasteiger partial charge in [0.1, 0.15) is 23.3 Å². The predicted molar refractivity (Wildman–Crippen MR) is 325 cm³/mol. The van der Waals surface area contributed by atoms with E-state index < -0.39 is 53.2 Å². The quantitative estimate of drug-likeness (QED) is 0.173. The van der Waals surface area contributed by atoms with E-state index in [2.05, 4.69) is 146 Å². The van der Waals surface area contributed by atoms with Gasteiger partial charge in [-0.2, -0.15) is 11.8 Å². The van der Waals surface area contributed by atoms with Crippen molar-refractivity contribution in [3.8, 4) is 0 Å². The standard InChI is InChI=1S/2C3H9B.C3H9N2S.C3H9NOS.C3H9NS.C3H9OP.C3H9PS.2C3H9P.C3H9Si.C2H6O2S.C2H6OS.C2H6S.4Y/c2*1-4(2)3;1-5-6(2,3)4;1-4-6(2,3)5;1-4-5(2)3;1-5(2,3)4;1-4(2,3)5;3*1-4(2)3;1-5(2,3)4;1-4(2)3;1-3-2;;;;/h2*1-3H3;2*1-3H3;3*1-3H3;3*1-3H3;1-2H3;1-2H3;1-2H3;;;;/q;;-1;;;;;;;;;;;;;;/p+1. The Hall–Kier alpha value is 7.00. The Balaban J connectivity index is -0.0000000242. The number of hydrogen-bond donors (Lipinski definition) is 0. The third-order valence-electron chi connectivity index (χ3n) is 1.25. The van der Waals surface area contributed by atoms with E-state index in [9.17, 15) is 21.4 Å². The van der Waals surface area contributed by atoms with Crippen LogP contribution >= 0.6 is 40.8 Å². The van der Waals surface area contributed by atoms with Crippen LogP contribution in [0.1, 0.15) is 0 Å². The first-order chi connectivity index (χ1) is 25.2. The Morgan fingerprint density at radius 3 is 0.714 bits per heavy atom. The summed E-state index contributed by atoms with van der Waals surface area (Å²) in [5.74, 6) is 0. The Bertz CT molecular complexity index is 1190. The van der Waals surface area contributed by atoms with Crippen LogP contribution in [0, 0.1) is 0 Å². The zero-order valence-electron chi connectivity index (χ0n) is 48.5. The maximum absolute atomic E-state index is 10.4. The summed E-state index contributed by atoms with van der Waals surface area (Å²) in [6.07, 6.45) is 20.5. The van der Waals surface area contributed by atoms with Crippen LogP contribution in [-0.4, -0.2) is 215 Å². The Morgan fingerprint density at radius 1 is 0.667 bits per heavy atom. The van der Waals surface area contributed by atoms with Crippen molar-refractivity contribution in [2.24, 2.45) is 13.1 Å². The molecule has 0 aliphatic heterocycles. The number of sulfone groups is 1. The van der Waals surface area contributed by atoms with Gasteiger partial charge in [0.05, 0.1) is 7.14 Å². The first-order valence-corrected chi connectivity index (χ1v) is 47.0. The van der Waals surface area contributed by atoms with Gasteiger partial charge >= 0.3 is 0 Å². The molecule has 9 nitrogen and oxygen atoms in total. The molecule has 0 aliphatic rings. The summed E-state index contributed by atoms with van der Waals surface area (Å²) in [6, 6.07) is -0.806. The molecule has 0 heterocycles. The molecule has 0 N–H and O–H groups in total. The Labute approximate surface area is 523 Å². The van der Waals surface area contributed by atoms with Gasteiger partial charge in [-0.15, -0.1) is 18.6 Å². The minimum atomic E-state index is -2.67. The molecule has 0 fully saturated rings. The van der Waals surface area contributed by atoms with E-state index in [4.69, 9.17) is 16.6 Å². The summed E-state index contributed by atoms with van der Waals surface area (Å²) in [5.41, 5.74) is 0. The zero-order valence-corrected chi connectivity index (χ0v) is 70.2. The summed E-state index contributed by atoms with van der Waals surface area (Å²) in [4.78, 5) is 0. The molecule has 0 spiro atoms. The van der Waals surface area contributed by atoms with E-state index in [-0.39, 0.29) is 148 Å². The van der Waals surface area contributed by atoms with Gasteiger partial charge in [0.25, 0.3) is 0 Å². The van der Waals surface area contributed by atoms with Crippen LogP contribution in [0.3, 0.4) is 0 Å². The van der Waals surface area contributed by atoms with Gasteiger partial charge in [0.2, 0.25) is 0 Å². The number of nitrogens with zero attached hydrogens (tertiary/aromatic N) is 4. The van der Waals surface area contributed by atoms with Crippen LogP contribution in [0.4, 0.5) is 0 Å². The minimum absolute atomic E-state index is 0. The van der Waals surface area contributed by atoms with Crippen molar-refractivity contribution in [2.75, 3.05) is 176 Å². The molecule has 0 aromatic heterocycles. The van der Waals surface area contributed by atoms with Gasteiger partial charge in [-0.3, -0.25) is 17.1 Å². The first-order valence-electron chi connectivity index (χ1n) is 18.5. The van der Waals surface area contributed by atoms with E-state index >= 15 is 0 Å². The van der Waals surface area contributed by atoms with Crippen LogP contribution in [-0.2, 0) is 198 Å². The average molecular weight is 1430 g/mol. The molecule has 5 radical (unpaired) electrons. The maximum Gasteiger partial charge on any atom is 0.144 e. The summed E-state index contributed by atoms with van der Waals surface area (Å²) in [6.45, 7) is 46.5. The van der Waals surface area contributed by atoms with Crippen molar-refractivity contribution in [2.45, 2.75) is 60.6 Å². The van der Waals surface area contributed by atoms with Gasteiger partial charge in [-0.1, -0.05) is 78.4 Å². The average Bonchev–Trinajstić information content (AvgIpc) is 2.84. The fraction of sp³-hybridized carbons (Fsp3) is 1.00. The van der Waals surface area contributed by atoms with E-state index in [1.807, 2.05) is 19.6 Å². The van der Waals surface area contributed by atoms with Gasteiger partial charge < -0.3 is 9.34 Å². The fourth-order valence-corrected chi connectivity index (χ4v) is 0. The number of thioether (sulfide) groups is 1. The largest absolute Gasteiger partial charge is 0.769 e. The first kappa shape index (κ1) is 119. The minimum Gasteiger partial charge on any atom is -0.769 e. The third-order valence-corrected chi connectivity index (χ3v) is 3.75. The summed E-state index contributed by atoms with van der Waals surface area (Å²) >= 11 is 6.69. The molecular weight excluding hydrogens is 1320 g/mol. The van der Waals surface area contributed by atoms with Crippen LogP contribution < -0.4 is 0 Å². The Kier molecular flexibility index (Phi) is 156. The molecule has 27 heteroatoms. The van der Waals surface area contributed by atoms with Crippen LogP contribution in [0.2, 0.25) is 60.6 Å². The number of rotatable bonds is 0. The SMILES string of the molecule is CB(C)C.CB(C)C.CN=S(C)(C)=O.CN=S(C)(C)=[N-].CN=S(C)C.CP(C)(C)=O.CP(C)(C)=S.CP(C)C.CS(C)(=O)=O.CS(C)=O.CSC.C[PH+](C)C.C[Si](C)C.[Y].[Y].[Y].[Y]. The normalized spacial score (nSPS) is 9.03. The molecule has 0 unspecified atom stereocenters.